The SMILES string of the molecule is CCOC(=O)c1sc2nc(SCC(N)=O)nc(N)c2c1C. The Hall–Kier alpha value is -1.87. The summed E-state index contributed by atoms with van der Waals surface area (Å²) in [6.07, 6.45) is 0. The molecular formula is C12H14N4O3S2. The number of carbonyl (C=O) groups is 2. The maximum atomic E-state index is 11.9. The second-order valence-electron chi connectivity index (χ2n) is 4.10. The molecule has 2 heterocycles. The van der Waals surface area contributed by atoms with Crippen LogP contribution in [0, 0.1) is 6.92 Å². The highest BCUT2D eigenvalue weighted by Crippen LogP contribution is 2.34. The maximum absolute atomic E-state index is 11.9. The Labute approximate surface area is 129 Å². The quantitative estimate of drug-likeness (QED) is 0.483. The number of rotatable bonds is 5. The molecule has 7 nitrogen and oxygen atoms in total. The Kier molecular flexibility index (Phi) is 4.63. The molecule has 2 rings (SSSR count). The van der Waals surface area contributed by atoms with Gasteiger partial charge in [0.1, 0.15) is 15.5 Å². The molecule has 21 heavy (non-hydrogen) atoms. The number of anilines is 1. The van der Waals surface area contributed by atoms with Gasteiger partial charge in [-0.05, 0) is 19.4 Å². The van der Waals surface area contributed by atoms with E-state index in [2.05, 4.69) is 9.97 Å². The van der Waals surface area contributed by atoms with Crippen molar-refractivity contribution < 1.29 is 14.3 Å². The number of thiophene rings is 1. The van der Waals surface area contributed by atoms with Gasteiger partial charge in [-0.25, -0.2) is 14.8 Å². The summed E-state index contributed by atoms with van der Waals surface area (Å²) < 4.78 is 5.00. The first-order valence-corrected chi connectivity index (χ1v) is 7.89. The Balaban J connectivity index is 2.45. The van der Waals surface area contributed by atoms with Crippen molar-refractivity contribution in [2.75, 3.05) is 18.1 Å². The van der Waals surface area contributed by atoms with E-state index in [4.69, 9.17) is 16.2 Å². The molecule has 4 N–H and O–H groups in total. The predicted octanol–water partition coefficient (Wildman–Crippen LogP) is 1.34. The summed E-state index contributed by atoms with van der Waals surface area (Å²) in [6.45, 7) is 3.82. The molecular weight excluding hydrogens is 312 g/mol. The summed E-state index contributed by atoms with van der Waals surface area (Å²) in [7, 11) is 0. The summed E-state index contributed by atoms with van der Waals surface area (Å²) in [4.78, 5) is 32.2. The number of primary amides is 1. The number of amides is 1. The molecule has 0 unspecified atom stereocenters. The molecule has 2 aromatic rings. The largest absolute Gasteiger partial charge is 0.462 e. The average molecular weight is 326 g/mol. The number of aryl methyl sites for hydroxylation is 1. The third-order valence-electron chi connectivity index (χ3n) is 2.60. The highest BCUT2D eigenvalue weighted by atomic mass is 32.2. The van der Waals surface area contributed by atoms with Crippen molar-refractivity contribution in [2.24, 2.45) is 5.73 Å². The third-order valence-corrected chi connectivity index (χ3v) is 4.64. The van der Waals surface area contributed by atoms with Crippen molar-refractivity contribution in [3.63, 3.8) is 0 Å². The van der Waals surface area contributed by atoms with Crippen LogP contribution in [0.15, 0.2) is 5.16 Å². The van der Waals surface area contributed by atoms with Crippen LogP contribution in [0.5, 0.6) is 0 Å². The second kappa shape index (κ2) is 6.27. The predicted molar refractivity (Wildman–Crippen MR) is 82.4 cm³/mol. The molecule has 0 radical (unpaired) electrons. The molecule has 0 aromatic carbocycles. The molecule has 2 aromatic heterocycles. The number of carbonyl (C=O) groups excluding carboxylic acids is 2. The van der Waals surface area contributed by atoms with Gasteiger partial charge in [0, 0.05) is 0 Å². The van der Waals surface area contributed by atoms with E-state index in [1.54, 1.807) is 13.8 Å². The van der Waals surface area contributed by atoms with E-state index in [0.29, 0.717) is 32.4 Å². The Bertz CT molecular complexity index is 714. The number of hydrogen-bond donors (Lipinski definition) is 2. The third kappa shape index (κ3) is 3.24. The van der Waals surface area contributed by atoms with Gasteiger partial charge in [-0.1, -0.05) is 11.8 Å². The first-order valence-electron chi connectivity index (χ1n) is 6.08. The summed E-state index contributed by atoms with van der Waals surface area (Å²) in [5.41, 5.74) is 11.7. The zero-order valence-electron chi connectivity index (χ0n) is 11.5. The van der Waals surface area contributed by atoms with Gasteiger partial charge >= 0.3 is 5.97 Å². The lowest BCUT2D eigenvalue weighted by atomic mass is 10.2. The van der Waals surface area contributed by atoms with E-state index < -0.39 is 11.9 Å². The molecule has 0 aliphatic rings. The highest BCUT2D eigenvalue weighted by Gasteiger charge is 2.20. The zero-order valence-corrected chi connectivity index (χ0v) is 13.1. The second-order valence-corrected chi connectivity index (χ2v) is 6.04. The highest BCUT2D eigenvalue weighted by molar-refractivity contribution is 7.99. The first-order chi connectivity index (χ1) is 9.93. The number of ether oxygens (including phenoxy) is 1. The van der Waals surface area contributed by atoms with Crippen LogP contribution in [0.2, 0.25) is 0 Å². The Morgan fingerprint density at radius 3 is 2.71 bits per heavy atom. The van der Waals surface area contributed by atoms with Crippen LogP contribution in [-0.4, -0.2) is 34.2 Å². The van der Waals surface area contributed by atoms with Gasteiger partial charge in [0.05, 0.1) is 17.7 Å². The van der Waals surface area contributed by atoms with Gasteiger partial charge in [0.2, 0.25) is 5.91 Å². The zero-order chi connectivity index (χ0) is 15.6. The van der Waals surface area contributed by atoms with Crippen LogP contribution in [0.3, 0.4) is 0 Å². The number of hydrogen-bond acceptors (Lipinski definition) is 8. The van der Waals surface area contributed by atoms with Crippen molar-refractivity contribution in [1.29, 1.82) is 0 Å². The topological polar surface area (TPSA) is 121 Å². The standard InChI is InChI=1S/C12H14N4O3S2/c1-3-19-11(18)8-5(2)7-9(14)15-12(16-10(7)21-8)20-4-6(13)17/h3-4H2,1-2H3,(H2,13,17)(H2,14,15,16). The minimum atomic E-state index is -0.461. The van der Waals surface area contributed by atoms with E-state index in [9.17, 15) is 9.59 Å². The summed E-state index contributed by atoms with van der Waals surface area (Å²) in [6, 6.07) is 0. The molecule has 0 aliphatic carbocycles. The minimum Gasteiger partial charge on any atom is -0.462 e. The van der Waals surface area contributed by atoms with Crippen molar-refractivity contribution in [2.45, 2.75) is 19.0 Å². The van der Waals surface area contributed by atoms with Crippen molar-refractivity contribution in [1.82, 2.24) is 9.97 Å². The number of fused-ring (bicyclic) bond motifs is 1. The van der Waals surface area contributed by atoms with Crippen molar-refractivity contribution >= 4 is 51.0 Å². The fourth-order valence-corrected chi connectivity index (χ4v) is 3.47. The van der Waals surface area contributed by atoms with Crippen LogP contribution in [0.1, 0.15) is 22.2 Å². The van der Waals surface area contributed by atoms with E-state index in [-0.39, 0.29) is 11.6 Å². The average Bonchev–Trinajstić information content (AvgIpc) is 2.74. The number of esters is 1. The number of aromatic nitrogens is 2. The van der Waals surface area contributed by atoms with Crippen LogP contribution < -0.4 is 11.5 Å². The number of thioether (sulfide) groups is 1. The normalized spacial score (nSPS) is 10.8. The molecule has 0 spiro atoms. The van der Waals surface area contributed by atoms with Gasteiger partial charge < -0.3 is 16.2 Å². The van der Waals surface area contributed by atoms with E-state index in [1.165, 1.54) is 11.3 Å². The fraction of sp³-hybridized carbons (Fsp3) is 0.333. The van der Waals surface area contributed by atoms with Crippen LogP contribution in [0.25, 0.3) is 10.2 Å². The Morgan fingerprint density at radius 2 is 2.10 bits per heavy atom. The minimum absolute atomic E-state index is 0.0695. The smallest absolute Gasteiger partial charge is 0.348 e. The van der Waals surface area contributed by atoms with Gasteiger partial charge in [-0.3, -0.25) is 4.79 Å². The number of nitrogens with two attached hydrogens (primary N) is 2. The molecule has 0 saturated carbocycles. The number of nitrogen functional groups attached to an aromatic ring is 1. The molecule has 112 valence electrons. The van der Waals surface area contributed by atoms with Crippen LogP contribution >= 0.6 is 23.1 Å². The summed E-state index contributed by atoms with van der Waals surface area (Å²) in [5, 5.41) is 1.00. The number of nitrogens with zero attached hydrogens (tertiary/aromatic N) is 2. The van der Waals surface area contributed by atoms with Crippen LogP contribution in [0.4, 0.5) is 5.82 Å². The summed E-state index contributed by atoms with van der Waals surface area (Å²) in [5.74, 6) is -0.517. The van der Waals surface area contributed by atoms with Gasteiger partial charge in [-0.15, -0.1) is 11.3 Å². The molecule has 0 saturated heterocycles. The lowest BCUT2D eigenvalue weighted by Crippen LogP contribution is -2.13. The maximum Gasteiger partial charge on any atom is 0.348 e. The fourth-order valence-electron chi connectivity index (χ4n) is 1.74. The lowest BCUT2D eigenvalue weighted by molar-refractivity contribution is -0.115. The van der Waals surface area contributed by atoms with Gasteiger partial charge in [0.15, 0.2) is 5.16 Å². The molecule has 0 atom stereocenters. The van der Waals surface area contributed by atoms with E-state index >= 15 is 0 Å². The van der Waals surface area contributed by atoms with E-state index in [0.717, 1.165) is 11.8 Å². The monoisotopic (exact) mass is 326 g/mol. The molecule has 0 fully saturated rings. The first kappa shape index (κ1) is 15.5. The van der Waals surface area contributed by atoms with Gasteiger partial charge in [-0.2, -0.15) is 0 Å². The molecule has 0 bridgehead atoms. The molecule has 1 amide bonds. The van der Waals surface area contributed by atoms with Crippen molar-refractivity contribution in [3.8, 4) is 0 Å². The summed E-state index contributed by atoms with van der Waals surface area (Å²) >= 11 is 2.30. The lowest BCUT2D eigenvalue weighted by Gasteiger charge is -2.02. The Morgan fingerprint density at radius 1 is 1.38 bits per heavy atom. The molecule has 9 heteroatoms. The molecule has 0 aliphatic heterocycles. The van der Waals surface area contributed by atoms with Crippen LogP contribution in [-0.2, 0) is 9.53 Å². The van der Waals surface area contributed by atoms with Gasteiger partial charge in [0.25, 0.3) is 0 Å². The van der Waals surface area contributed by atoms with E-state index in [1.807, 2.05) is 0 Å². The van der Waals surface area contributed by atoms with Crippen molar-refractivity contribution in [3.05, 3.63) is 10.4 Å².